The van der Waals surface area contributed by atoms with Gasteiger partial charge in [0.15, 0.2) is 0 Å². The fraction of sp³-hybridized carbons (Fsp3) is 0.517. The number of piperidine rings is 1. The van der Waals surface area contributed by atoms with Gasteiger partial charge in [-0.15, -0.1) is 25.6 Å². The van der Waals surface area contributed by atoms with Crippen molar-refractivity contribution in [2.24, 2.45) is 11.3 Å². The Labute approximate surface area is 233 Å². The monoisotopic (exact) mass is 565 g/mol. The number of carbonyl (C=O) groups is 2. The van der Waals surface area contributed by atoms with Crippen LogP contribution in [0.2, 0.25) is 0 Å². The molecule has 212 valence electrons. The third-order valence-corrected chi connectivity index (χ3v) is 8.15. The Balaban J connectivity index is 0.00000353. The van der Waals surface area contributed by atoms with Crippen LogP contribution in [0.15, 0.2) is 54.6 Å². The van der Waals surface area contributed by atoms with Gasteiger partial charge in [-0.3, -0.25) is 9.59 Å². The van der Waals surface area contributed by atoms with Crippen LogP contribution in [0.1, 0.15) is 55.7 Å². The van der Waals surface area contributed by atoms with Gasteiger partial charge >= 0.3 is 6.36 Å². The highest BCUT2D eigenvalue weighted by atomic mass is 35.5. The van der Waals surface area contributed by atoms with Crippen molar-refractivity contribution in [3.63, 3.8) is 0 Å². The molecule has 2 heterocycles. The highest BCUT2D eigenvalue weighted by Gasteiger charge is 2.48. The Morgan fingerprint density at radius 2 is 1.64 bits per heavy atom. The van der Waals surface area contributed by atoms with Crippen LogP contribution >= 0.6 is 12.4 Å². The Hall–Kier alpha value is -2.78. The molecule has 2 amide bonds. The second-order valence-corrected chi connectivity index (χ2v) is 10.8. The van der Waals surface area contributed by atoms with Gasteiger partial charge < -0.3 is 19.9 Å². The van der Waals surface area contributed by atoms with E-state index in [9.17, 15) is 22.8 Å². The first kappa shape index (κ1) is 29.2. The summed E-state index contributed by atoms with van der Waals surface area (Å²) < 4.78 is 41.1. The molecule has 39 heavy (non-hydrogen) atoms. The predicted octanol–water partition coefficient (Wildman–Crippen LogP) is 5.48. The van der Waals surface area contributed by atoms with Crippen molar-refractivity contribution in [3.8, 4) is 5.75 Å². The second kappa shape index (κ2) is 12.2. The van der Waals surface area contributed by atoms with Gasteiger partial charge in [-0.2, -0.15) is 0 Å². The minimum absolute atomic E-state index is 0. The SMILES string of the molecule is Cl.O=C(N[C@@H](CCN1CCC2(CC1)CCN(Cc1ccc(OC(F)(F)F)cc1)C2=O)c1ccccc1)C1CC1. The zero-order valence-electron chi connectivity index (χ0n) is 21.8. The average molecular weight is 566 g/mol. The van der Waals surface area contributed by atoms with Gasteiger partial charge in [0.2, 0.25) is 11.8 Å². The standard InChI is InChI=1S/C29H34F3N3O3.ClH/c30-29(31,32)38-24-10-6-21(7-11-24)20-35-19-15-28(27(35)37)13-17-34(18-14-28)16-12-25(22-4-2-1-3-5-22)33-26(36)23-8-9-23;/h1-7,10-11,23,25H,8-9,12-20H2,(H,33,36);1H/t25-;/m0./s1. The lowest BCUT2D eigenvalue weighted by Gasteiger charge is -2.38. The summed E-state index contributed by atoms with van der Waals surface area (Å²) in [5.74, 6) is 0.195. The third kappa shape index (κ3) is 7.45. The minimum Gasteiger partial charge on any atom is -0.406 e. The number of amides is 2. The molecule has 2 saturated heterocycles. The van der Waals surface area contributed by atoms with Crippen LogP contribution in [-0.4, -0.2) is 54.2 Å². The lowest BCUT2D eigenvalue weighted by Crippen LogP contribution is -2.45. The highest BCUT2D eigenvalue weighted by Crippen LogP contribution is 2.42. The molecule has 1 spiro atoms. The molecule has 3 fully saturated rings. The normalized spacial score (nSPS) is 20.0. The number of nitrogens with zero attached hydrogens (tertiary/aromatic N) is 2. The quantitative estimate of drug-likeness (QED) is 0.437. The van der Waals surface area contributed by atoms with E-state index in [0.717, 1.165) is 69.3 Å². The van der Waals surface area contributed by atoms with Crippen molar-refractivity contribution in [2.45, 2.75) is 57.5 Å². The van der Waals surface area contributed by atoms with Gasteiger partial charge in [0.05, 0.1) is 11.5 Å². The first-order valence-electron chi connectivity index (χ1n) is 13.4. The van der Waals surface area contributed by atoms with Crippen molar-refractivity contribution in [1.29, 1.82) is 0 Å². The number of hydrogen-bond acceptors (Lipinski definition) is 4. The number of carbonyl (C=O) groups excluding carboxylic acids is 2. The Morgan fingerprint density at radius 1 is 1.00 bits per heavy atom. The number of nitrogens with one attached hydrogen (secondary N) is 1. The summed E-state index contributed by atoms with van der Waals surface area (Å²) in [6.45, 7) is 3.56. The summed E-state index contributed by atoms with van der Waals surface area (Å²) in [5.41, 5.74) is 1.55. The molecule has 0 radical (unpaired) electrons. The maximum absolute atomic E-state index is 13.4. The van der Waals surface area contributed by atoms with E-state index in [1.165, 1.54) is 12.1 Å². The van der Waals surface area contributed by atoms with Crippen LogP contribution in [0.25, 0.3) is 0 Å². The summed E-state index contributed by atoms with van der Waals surface area (Å²) in [7, 11) is 0. The molecule has 5 rings (SSSR count). The number of benzene rings is 2. The molecule has 6 nitrogen and oxygen atoms in total. The molecule has 1 N–H and O–H groups in total. The largest absolute Gasteiger partial charge is 0.573 e. The first-order valence-corrected chi connectivity index (χ1v) is 13.4. The lowest BCUT2D eigenvalue weighted by molar-refractivity contribution is -0.274. The third-order valence-electron chi connectivity index (χ3n) is 8.15. The van der Waals surface area contributed by atoms with Crippen LogP contribution in [0.4, 0.5) is 13.2 Å². The summed E-state index contributed by atoms with van der Waals surface area (Å²) in [6, 6.07) is 15.8. The summed E-state index contributed by atoms with van der Waals surface area (Å²) in [4.78, 5) is 30.1. The van der Waals surface area contributed by atoms with Gasteiger partial charge in [-0.1, -0.05) is 42.5 Å². The van der Waals surface area contributed by atoms with Gasteiger partial charge in [0, 0.05) is 25.6 Å². The van der Waals surface area contributed by atoms with E-state index < -0.39 is 6.36 Å². The number of ether oxygens (including phenoxy) is 1. The van der Waals surface area contributed by atoms with Crippen molar-refractivity contribution < 1.29 is 27.5 Å². The topological polar surface area (TPSA) is 61.9 Å². The van der Waals surface area contributed by atoms with E-state index >= 15 is 0 Å². The fourth-order valence-electron chi connectivity index (χ4n) is 5.68. The van der Waals surface area contributed by atoms with E-state index in [-0.39, 0.29) is 47.3 Å². The molecule has 2 aromatic rings. The number of alkyl halides is 3. The number of halogens is 4. The molecule has 0 aromatic heterocycles. The van der Waals surface area contributed by atoms with E-state index in [2.05, 4.69) is 27.1 Å². The maximum atomic E-state index is 13.4. The lowest BCUT2D eigenvalue weighted by atomic mass is 9.77. The molecule has 3 aliphatic rings. The van der Waals surface area contributed by atoms with Crippen molar-refractivity contribution in [1.82, 2.24) is 15.1 Å². The average Bonchev–Trinajstić information content (AvgIpc) is 3.71. The molecule has 2 aliphatic heterocycles. The first-order chi connectivity index (χ1) is 18.2. The smallest absolute Gasteiger partial charge is 0.406 e. The van der Waals surface area contributed by atoms with Gasteiger partial charge in [-0.25, -0.2) is 0 Å². The van der Waals surface area contributed by atoms with Gasteiger partial charge in [0.25, 0.3) is 0 Å². The summed E-state index contributed by atoms with van der Waals surface area (Å²) in [6.07, 6.45) is 0.453. The second-order valence-electron chi connectivity index (χ2n) is 10.8. The Bertz CT molecular complexity index is 1120. The Kier molecular flexibility index (Phi) is 9.11. The van der Waals surface area contributed by atoms with Crippen molar-refractivity contribution >= 4 is 24.2 Å². The maximum Gasteiger partial charge on any atom is 0.573 e. The molecule has 1 saturated carbocycles. The summed E-state index contributed by atoms with van der Waals surface area (Å²) >= 11 is 0. The summed E-state index contributed by atoms with van der Waals surface area (Å²) in [5, 5.41) is 3.24. The fourth-order valence-corrected chi connectivity index (χ4v) is 5.68. The predicted molar refractivity (Wildman–Crippen MR) is 143 cm³/mol. The van der Waals surface area contributed by atoms with Gasteiger partial charge in [-0.05, 0) is 74.9 Å². The van der Waals surface area contributed by atoms with E-state index in [0.29, 0.717) is 13.1 Å². The van der Waals surface area contributed by atoms with E-state index in [1.54, 1.807) is 12.1 Å². The van der Waals surface area contributed by atoms with Crippen LogP contribution < -0.4 is 10.1 Å². The molecule has 10 heteroatoms. The molecule has 0 unspecified atom stereocenters. The van der Waals surface area contributed by atoms with E-state index in [4.69, 9.17) is 0 Å². The number of hydrogen-bond donors (Lipinski definition) is 1. The molecular formula is C29H35ClF3N3O3. The highest BCUT2D eigenvalue weighted by molar-refractivity contribution is 5.85. The number of rotatable bonds is 9. The number of likely N-dealkylation sites (tertiary alicyclic amines) is 2. The Morgan fingerprint density at radius 3 is 2.26 bits per heavy atom. The minimum atomic E-state index is -4.72. The van der Waals surface area contributed by atoms with Crippen LogP contribution in [0, 0.1) is 11.3 Å². The molecule has 0 bridgehead atoms. The molecule has 1 atom stereocenters. The van der Waals surface area contributed by atoms with Crippen LogP contribution in [0.3, 0.4) is 0 Å². The van der Waals surface area contributed by atoms with Crippen LogP contribution in [0.5, 0.6) is 5.75 Å². The molecule has 2 aromatic carbocycles. The van der Waals surface area contributed by atoms with Crippen molar-refractivity contribution in [3.05, 3.63) is 65.7 Å². The zero-order valence-corrected chi connectivity index (χ0v) is 22.6. The molecular weight excluding hydrogens is 531 g/mol. The van der Waals surface area contributed by atoms with Gasteiger partial charge in [0.1, 0.15) is 5.75 Å². The molecule has 1 aliphatic carbocycles. The van der Waals surface area contributed by atoms with Crippen molar-refractivity contribution in [2.75, 3.05) is 26.2 Å². The van der Waals surface area contributed by atoms with E-state index in [1.807, 2.05) is 23.1 Å². The van der Waals surface area contributed by atoms with Crippen LogP contribution in [-0.2, 0) is 16.1 Å². The zero-order chi connectivity index (χ0) is 26.8.